The lowest BCUT2D eigenvalue weighted by Gasteiger charge is -2.42. The van der Waals surface area contributed by atoms with Crippen LogP contribution in [0.25, 0.3) is 0 Å². The van der Waals surface area contributed by atoms with Crippen molar-refractivity contribution in [1.82, 2.24) is 0 Å². The molecule has 0 radical (unpaired) electrons. The molecule has 5 nitrogen and oxygen atoms in total. The van der Waals surface area contributed by atoms with Crippen LogP contribution in [-0.2, 0) is 21.2 Å². The van der Waals surface area contributed by atoms with Crippen LogP contribution < -0.4 is 9.21 Å². The van der Waals surface area contributed by atoms with Gasteiger partial charge in [0.05, 0.1) is 15.5 Å². The molecule has 1 saturated heterocycles. The van der Waals surface area contributed by atoms with E-state index in [0.29, 0.717) is 23.0 Å². The zero-order chi connectivity index (χ0) is 25.6. The van der Waals surface area contributed by atoms with Gasteiger partial charge in [-0.1, -0.05) is 32.9 Å². The zero-order valence-electron chi connectivity index (χ0n) is 22.2. The van der Waals surface area contributed by atoms with Gasteiger partial charge >= 0.3 is 0 Å². The largest absolute Gasteiger partial charge is 0.381 e. The molecule has 1 fully saturated rings. The van der Waals surface area contributed by atoms with Gasteiger partial charge in [0, 0.05) is 32.0 Å². The van der Waals surface area contributed by atoms with Crippen molar-refractivity contribution in [2.24, 2.45) is 11.8 Å². The third-order valence-electron chi connectivity index (χ3n) is 6.83. The predicted molar refractivity (Wildman–Crippen MR) is 150 cm³/mol. The molecule has 194 valence electrons. The molecule has 0 unspecified atom stereocenters. The highest BCUT2D eigenvalue weighted by Gasteiger charge is 2.30. The van der Waals surface area contributed by atoms with Crippen molar-refractivity contribution in [3.05, 3.63) is 54.1 Å². The molecule has 0 aliphatic carbocycles. The summed E-state index contributed by atoms with van der Waals surface area (Å²) >= 11 is 1.81. The minimum atomic E-state index is -3.69. The molecule has 0 atom stereocenters. The second kappa shape index (κ2) is 12.0. The maximum absolute atomic E-state index is 13.8. The Bertz CT molecular complexity index is 1030. The Morgan fingerprint density at radius 3 is 2.09 bits per heavy atom. The van der Waals surface area contributed by atoms with Crippen molar-refractivity contribution in [2.45, 2.75) is 63.6 Å². The maximum Gasteiger partial charge on any atom is 0.264 e. The number of rotatable bonds is 11. The Balaban J connectivity index is 1.91. The number of hydrogen-bond donors (Lipinski definition) is 0. The van der Waals surface area contributed by atoms with Crippen LogP contribution in [0.4, 0.5) is 11.4 Å². The number of sulfonamides is 1. The molecule has 0 N–H and O–H groups in total. The number of ether oxygens (including phenoxy) is 1. The van der Waals surface area contributed by atoms with Crippen LogP contribution in [0.2, 0.25) is 0 Å². The molecule has 1 aliphatic heterocycles. The Labute approximate surface area is 217 Å². The van der Waals surface area contributed by atoms with E-state index in [9.17, 15) is 8.42 Å². The van der Waals surface area contributed by atoms with Gasteiger partial charge in [-0.15, -0.1) is 11.8 Å². The van der Waals surface area contributed by atoms with E-state index in [0.717, 1.165) is 44.7 Å². The summed E-state index contributed by atoms with van der Waals surface area (Å²) in [6.45, 7) is 13.7. The van der Waals surface area contributed by atoms with E-state index in [1.165, 1.54) is 5.56 Å². The first-order chi connectivity index (χ1) is 16.6. The average molecular weight is 519 g/mol. The van der Waals surface area contributed by atoms with Gasteiger partial charge in [0.25, 0.3) is 10.0 Å². The fourth-order valence-corrected chi connectivity index (χ4v) is 6.46. The molecule has 0 bridgehead atoms. The van der Waals surface area contributed by atoms with Gasteiger partial charge < -0.3 is 9.64 Å². The third kappa shape index (κ3) is 6.95. The highest BCUT2D eigenvalue weighted by molar-refractivity contribution is 8.00. The first-order valence-corrected chi connectivity index (χ1v) is 15.4. The number of benzene rings is 2. The number of thioether (sulfide) groups is 1. The van der Waals surface area contributed by atoms with Crippen LogP contribution in [0, 0.1) is 11.8 Å². The molecule has 3 rings (SSSR count). The summed E-state index contributed by atoms with van der Waals surface area (Å²) in [4.78, 5) is 2.64. The van der Waals surface area contributed by atoms with Crippen LogP contribution in [0.3, 0.4) is 0 Å². The van der Waals surface area contributed by atoms with Gasteiger partial charge in [-0.05, 0) is 93.2 Å². The molecule has 2 aromatic carbocycles. The second-order valence-electron chi connectivity index (χ2n) is 10.3. The van der Waals surface area contributed by atoms with Crippen molar-refractivity contribution < 1.29 is 13.2 Å². The average Bonchev–Trinajstić information content (AvgIpc) is 2.86. The topological polar surface area (TPSA) is 49.9 Å². The van der Waals surface area contributed by atoms with E-state index in [2.05, 4.69) is 31.9 Å². The summed E-state index contributed by atoms with van der Waals surface area (Å²) in [5.74, 6) is 0.776. The van der Waals surface area contributed by atoms with Crippen molar-refractivity contribution in [2.75, 3.05) is 41.8 Å². The predicted octanol–water partition coefficient (Wildman–Crippen LogP) is 6.43. The standard InChI is InChI=1S/C28H42N2O3S2/c1-7-23-8-10-26(11-9-23)30(20-22(2)3)35(31,32)27-14-12-25(13-15-27)29(28(4,5)34-6)21-24-16-18-33-19-17-24/h8-15,22,24H,7,16-21H2,1-6H3. The third-order valence-corrected chi connectivity index (χ3v) is 9.86. The SMILES string of the molecule is CCc1ccc(N(CC(C)C)S(=O)(=O)c2ccc(N(CC3CCOCC3)C(C)(C)SC)cc2)cc1. The van der Waals surface area contributed by atoms with Gasteiger partial charge in [0.1, 0.15) is 0 Å². The molecule has 0 spiro atoms. The van der Waals surface area contributed by atoms with Crippen molar-refractivity contribution in [1.29, 1.82) is 0 Å². The van der Waals surface area contributed by atoms with Gasteiger partial charge in [-0.2, -0.15) is 0 Å². The van der Waals surface area contributed by atoms with Crippen LogP contribution in [0.1, 0.15) is 53.0 Å². The first-order valence-electron chi connectivity index (χ1n) is 12.7. The van der Waals surface area contributed by atoms with E-state index >= 15 is 0 Å². The lowest BCUT2D eigenvalue weighted by Crippen LogP contribution is -2.45. The Morgan fingerprint density at radius 2 is 1.57 bits per heavy atom. The summed E-state index contributed by atoms with van der Waals surface area (Å²) < 4.78 is 34.6. The molecule has 1 heterocycles. The second-order valence-corrected chi connectivity index (χ2v) is 13.5. The van der Waals surface area contributed by atoms with E-state index in [4.69, 9.17) is 4.74 Å². The lowest BCUT2D eigenvalue weighted by atomic mass is 9.98. The van der Waals surface area contributed by atoms with Crippen molar-refractivity contribution >= 4 is 33.2 Å². The first kappa shape index (κ1) is 27.9. The molecule has 1 aliphatic rings. The molecule has 0 amide bonds. The molecular formula is C28H42N2O3S2. The minimum absolute atomic E-state index is 0.108. The smallest absolute Gasteiger partial charge is 0.264 e. The zero-order valence-corrected chi connectivity index (χ0v) is 23.8. The van der Waals surface area contributed by atoms with Crippen LogP contribution in [-0.4, -0.2) is 45.8 Å². The van der Waals surface area contributed by atoms with Gasteiger partial charge in [0.15, 0.2) is 0 Å². The quantitative estimate of drug-likeness (QED) is 0.321. The minimum Gasteiger partial charge on any atom is -0.381 e. The molecule has 2 aromatic rings. The summed E-state index contributed by atoms with van der Waals surface area (Å²) in [6.07, 6.45) is 5.18. The molecule has 0 aromatic heterocycles. The molecule has 0 saturated carbocycles. The lowest BCUT2D eigenvalue weighted by molar-refractivity contribution is 0.0676. The van der Waals surface area contributed by atoms with Gasteiger partial charge in [-0.25, -0.2) is 8.42 Å². The number of anilines is 2. The summed E-state index contributed by atoms with van der Waals surface area (Å²) in [7, 11) is -3.69. The fraction of sp³-hybridized carbons (Fsp3) is 0.571. The van der Waals surface area contributed by atoms with Gasteiger partial charge in [0.2, 0.25) is 0 Å². The van der Waals surface area contributed by atoms with Crippen molar-refractivity contribution in [3.8, 4) is 0 Å². The molecule has 7 heteroatoms. The molecular weight excluding hydrogens is 476 g/mol. The van der Waals surface area contributed by atoms with E-state index in [-0.39, 0.29) is 10.8 Å². The van der Waals surface area contributed by atoms with Crippen LogP contribution in [0.15, 0.2) is 53.4 Å². The maximum atomic E-state index is 13.8. The normalized spacial score (nSPS) is 15.4. The summed E-state index contributed by atoms with van der Waals surface area (Å²) in [6, 6.07) is 15.3. The number of hydrogen-bond acceptors (Lipinski definition) is 5. The Morgan fingerprint density at radius 1 is 1.00 bits per heavy atom. The number of nitrogens with zero attached hydrogens (tertiary/aromatic N) is 2. The fourth-order valence-electron chi connectivity index (χ4n) is 4.43. The highest BCUT2D eigenvalue weighted by Crippen LogP contribution is 2.35. The van der Waals surface area contributed by atoms with E-state index < -0.39 is 10.0 Å². The Kier molecular flexibility index (Phi) is 9.58. The van der Waals surface area contributed by atoms with Crippen molar-refractivity contribution in [3.63, 3.8) is 0 Å². The molecule has 35 heavy (non-hydrogen) atoms. The summed E-state index contributed by atoms with van der Waals surface area (Å²) in [5.41, 5.74) is 2.96. The Hall–Kier alpha value is -1.70. The highest BCUT2D eigenvalue weighted by atomic mass is 32.2. The van der Waals surface area contributed by atoms with E-state index in [1.54, 1.807) is 16.4 Å². The van der Waals surface area contributed by atoms with Gasteiger partial charge in [-0.3, -0.25) is 4.31 Å². The number of aryl methyl sites for hydroxylation is 1. The van der Waals surface area contributed by atoms with Crippen LogP contribution in [0.5, 0.6) is 0 Å². The van der Waals surface area contributed by atoms with E-state index in [1.807, 2.05) is 62.0 Å². The van der Waals surface area contributed by atoms with Crippen LogP contribution >= 0.6 is 11.8 Å². The monoisotopic (exact) mass is 518 g/mol. The summed E-state index contributed by atoms with van der Waals surface area (Å²) in [5, 5.41) is 0.